The molecule has 0 saturated heterocycles. The van der Waals surface area contributed by atoms with E-state index in [9.17, 15) is 9.90 Å². The number of nitriles is 1. The van der Waals surface area contributed by atoms with Gasteiger partial charge in [0.2, 0.25) is 0 Å². The van der Waals surface area contributed by atoms with Gasteiger partial charge in [-0.1, -0.05) is 13.8 Å². The summed E-state index contributed by atoms with van der Waals surface area (Å²) in [6.45, 7) is 7.94. The Kier molecular flexibility index (Phi) is 4.30. The van der Waals surface area contributed by atoms with Crippen molar-refractivity contribution >= 4 is 0 Å². The summed E-state index contributed by atoms with van der Waals surface area (Å²) in [4.78, 5) is 15.8. The highest BCUT2D eigenvalue weighted by atomic mass is 16.3. The number of rotatable bonds is 4. The van der Waals surface area contributed by atoms with Gasteiger partial charge in [-0.05, 0) is 25.6 Å². The Morgan fingerprint density at radius 2 is 2.00 bits per heavy atom. The van der Waals surface area contributed by atoms with Gasteiger partial charge in [0.1, 0.15) is 11.6 Å². The Labute approximate surface area is 100 Å². The van der Waals surface area contributed by atoms with Crippen molar-refractivity contribution in [2.24, 2.45) is 0 Å². The van der Waals surface area contributed by atoms with Gasteiger partial charge >= 0.3 is 0 Å². The monoisotopic (exact) mass is 235 g/mol. The maximum atomic E-state index is 11.4. The molecule has 5 heteroatoms. The molecular formula is C12H17N3O2. The van der Waals surface area contributed by atoms with Gasteiger partial charge in [0.05, 0.1) is 0 Å². The van der Waals surface area contributed by atoms with Gasteiger partial charge < -0.3 is 5.11 Å². The van der Waals surface area contributed by atoms with Crippen LogP contribution in [-0.2, 0) is 6.54 Å². The molecular weight excluding hydrogens is 218 g/mol. The van der Waals surface area contributed by atoms with E-state index in [1.165, 1.54) is 0 Å². The summed E-state index contributed by atoms with van der Waals surface area (Å²) in [6, 6.07) is 1.87. The summed E-state index contributed by atoms with van der Waals surface area (Å²) >= 11 is 0. The van der Waals surface area contributed by atoms with Crippen molar-refractivity contribution < 1.29 is 5.11 Å². The average molecular weight is 235 g/mol. The van der Waals surface area contributed by atoms with Crippen LogP contribution in [-0.4, -0.2) is 28.1 Å². The largest absolute Gasteiger partial charge is 0.494 e. The molecule has 0 bridgehead atoms. The SMILES string of the molecule is CCN(CC)Cc1c(O)[nH]c(=O)c(C#N)c1C. The molecule has 0 amide bonds. The number of aromatic amines is 1. The molecule has 0 aliphatic carbocycles. The van der Waals surface area contributed by atoms with Gasteiger partial charge in [-0.15, -0.1) is 0 Å². The summed E-state index contributed by atoms with van der Waals surface area (Å²) in [6.07, 6.45) is 0. The highest BCUT2D eigenvalue weighted by molar-refractivity contribution is 5.44. The lowest BCUT2D eigenvalue weighted by atomic mass is 10.1. The molecule has 92 valence electrons. The molecule has 17 heavy (non-hydrogen) atoms. The van der Waals surface area contributed by atoms with Crippen LogP contribution in [0, 0.1) is 18.3 Å². The Morgan fingerprint density at radius 1 is 1.41 bits per heavy atom. The van der Waals surface area contributed by atoms with Crippen LogP contribution >= 0.6 is 0 Å². The normalized spacial score (nSPS) is 10.5. The fourth-order valence-corrected chi connectivity index (χ4v) is 1.74. The molecule has 2 N–H and O–H groups in total. The van der Waals surface area contributed by atoms with Crippen LogP contribution < -0.4 is 5.56 Å². The van der Waals surface area contributed by atoms with Crippen LogP contribution in [0.25, 0.3) is 0 Å². The molecule has 1 aromatic rings. The Hall–Kier alpha value is -1.80. The number of nitrogens with one attached hydrogen (secondary N) is 1. The molecule has 1 rings (SSSR count). The van der Waals surface area contributed by atoms with Crippen molar-refractivity contribution in [2.45, 2.75) is 27.3 Å². The van der Waals surface area contributed by atoms with E-state index >= 15 is 0 Å². The maximum Gasteiger partial charge on any atom is 0.268 e. The van der Waals surface area contributed by atoms with Crippen molar-refractivity contribution in [3.8, 4) is 11.9 Å². The van der Waals surface area contributed by atoms with Crippen LogP contribution in [0.4, 0.5) is 0 Å². The molecule has 0 spiro atoms. The van der Waals surface area contributed by atoms with Gasteiger partial charge in [-0.3, -0.25) is 14.7 Å². The quantitative estimate of drug-likeness (QED) is 0.819. The molecule has 5 nitrogen and oxygen atoms in total. The molecule has 1 aromatic heterocycles. The molecule has 0 atom stereocenters. The van der Waals surface area contributed by atoms with E-state index in [-0.39, 0.29) is 11.4 Å². The van der Waals surface area contributed by atoms with E-state index in [2.05, 4.69) is 9.88 Å². The van der Waals surface area contributed by atoms with Gasteiger partial charge in [0.25, 0.3) is 5.56 Å². The summed E-state index contributed by atoms with van der Waals surface area (Å²) in [5.74, 6) is -0.140. The molecule has 0 aromatic carbocycles. The van der Waals surface area contributed by atoms with Gasteiger partial charge in [-0.2, -0.15) is 5.26 Å². The van der Waals surface area contributed by atoms with Gasteiger partial charge in [-0.25, -0.2) is 0 Å². The first kappa shape index (κ1) is 13.3. The number of hydrogen-bond acceptors (Lipinski definition) is 4. The van der Waals surface area contributed by atoms with E-state index in [1.54, 1.807) is 6.92 Å². The summed E-state index contributed by atoms with van der Waals surface area (Å²) < 4.78 is 0. The Bertz CT molecular complexity index is 496. The second-order valence-corrected chi connectivity index (χ2v) is 3.85. The van der Waals surface area contributed by atoms with E-state index in [0.29, 0.717) is 17.7 Å². The number of H-pyrrole nitrogens is 1. The maximum absolute atomic E-state index is 11.4. The third-order valence-corrected chi connectivity index (χ3v) is 2.96. The zero-order chi connectivity index (χ0) is 13.0. The van der Waals surface area contributed by atoms with E-state index in [1.807, 2.05) is 19.9 Å². The number of nitrogens with zero attached hydrogens (tertiary/aromatic N) is 2. The summed E-state index contributed by atoms with van der Waals surface area (Å²) in [5.41, 5.74) is 0.709. The number of aromatic nitrogens is 1. The standard InChI is InChI=1S/C12H17N3O2/c1-4-15(5-2)7-10-8(3)9(6-13)11(16)14-12(10)17/h4-5,7H2,1-3H3,(H2,14,16,17). The molecule has 0 aliphatic heterocycles. The molecule has 0 radical (unpaired) electrons. The number of pyridine rings is 1. The third kappa shape index (κ3) is 2.66. The van der Waals surface area contributed by atoms with Crippen molar-refractivity contribution in [1.82, 2.24) is 9.88 Å². The zero-order valence-corrected chi connectivity index (χ0v) is 10.4. The second kappa shape index (κ2) is 5.51. The highest BCUT2D eigenvalue weighted by Crippen LogP contribution is 2.20. The molecule has 0 saturated carbocycles. The van der Waals surface area contributed by atoms with Gasteiger partial charge in [0.15, 0.2) is 5.88 Å². The fourth-order valence-electron chi connectivity index (χ4n) is 1.74. The van der Waals surface area contributed by atoms with Crippen LogP contribution in [0.3, 0.4) is 0 Å². The Morgan fingerprint density at radius 3 is 2.47 bits per heavy atom. The molecule has 0 unspecified atom stereocenters. The van der Waals surface area contributed by atoms with Gasteiger partial charge in [0, 0.05) is 12.1 Å². The summed E-state index contributed by atoms with van der Waals surface area (Å²) in [7, 11) is 0. The van der Waals surface area contributed by atoms with Crippen LogP contribution in [0.1, 0.15) is 30.5 Å². The zero-order valence-electron chi connectivity index (χ0n) is 10.4. The van der Waals surface area contributed by atoms with Crippen molar-refractivity contribution in [1.29, 1.82) is 5.26 Å². The molecule has 1 heterocycles. The van der Waals surface area contributed by atoms with E-state index in [4.69, 9.17) is 5.26 Å². The first-order valence-electron chi connectivity index (χ1n) is 5.62. The first-order valence-corrected chi connectivity index (χ1v) is 5.62. The molecule has 0 aliphatic rings. The summed E-state index contributed by atoms with van der Waals surface area (Å²) in [5, 5.41) is 18.6. The van der Waals surface area contributed by atoms with Crippen molar-refractivity contribution in [3.05, 3.63) is 27.0 Å². The lowest BCUT2D eigenvalue weighted by Gasteiger charge is -2.20. The highest BCUT2D eigenvalue weighted by Gasteiger charge is 2.15. The number of aromatic hydroxyl groups is 1. The Balaban J connectivity index is 3.25. The number of hydrogen-bond donors (Lipinski definition) is 2. The third-order valence-electron chi connectivity index (χ3n) is 2.96. The van der Waals surface area contributed by atoms with Crippen LogP contribution in [0.5, 0.6) is 5.88 Å². The van der Waals surface area contributed by atoms with Crippen LogP contribution in [0.2, 0.25) is 0 Å². The van der Waals surface area contributed by atoms with Crippen molar-refractivity contribution in [3.63, 3.8) is 0 Å². The average Bonchev–Trinajstić information content (AvgIpc) is 2.29. The first-order chi connectivity index (χ1) is 8.04. The lowest BCUT2D eigenvalue weighted by Crippen LogP contribution is -2.24. The smallest absolute Gasteiger partial charge is 0.268 e. The van der Waals surface area contributed by atoms with E-state index in [0.717, 1.165) is 13.1 Å². The van der Waals surface area contributed by atoms with Crippen molar-refractivity contribution in [2.75, 3.05) is 13.1 Å². The topological polar surface area (TPSA) is 80.1 Å². The predicted octanol–water partition coefficient (Wildman–Crippen LogP) is 1.10. The minimum absolute atomic E-state index is 0.0740. The lowest BCUT2D eigenvalue weighted by molar-refractivity contribution is 0.288. The van der Waals surface area contributed by atoms with E-state index < -0.39 is 5.56 Å². The minimum atomic E-state index is -0.536. The second-order valence-electron chi connectivity index (χ2n) is 3.85. The molecule has 0 fully saturated rings. The van der Waals surface area contributed by atoms with Crippen LogP contribution in [0.15, 0.2) is 4.79 Å². The fraction of sp³-hybridized carbons (Fsp3) is 0.500. The predicted molar refractivity (Wildman–Crippen MR) is 64.8 cm³/mol. The minimum Gasteiger partial charge on any atom is -0.494 e.